The molecule has 0 amide bonds. The van der Waals surface area contributed by atoms with Gasteiger partial charge in [0.05, 0.1) is 6.20 Å². The van der Waals surface area contributed by atoms with Crippen molar-refractivity contribution in [1.29, 1.82) is 0 Å². The van der Waals surface area contributed by atoms with E-state index in [1.165, 1.54) is 0 Å². The topological polar surface area (TPSA) is 112 Å². The number of aromatic amines is 1. The summed E-state index contributed by atoms with van der Waals surface area (Å²) in [5.74, 6) is -2.36. The lowest BCUT2D eigenvalue weighted by Crippen LogP contribution is -2.61. The zero-order valence-electron chi connectivity index (χ0n) is 8.82. The molecule has 0 saturated carbocycles. The second kappa shape index (κ2) is 4.24. The molecule has 0 spiro atoms. The summed E-state index contributed by atoms with van der Waals surface area (Å²) in [6, 6.07) is 0.890. The molecule has 18 heavy (non-hydrogen) atoms. The van der Waals surface area contributed by atoms with E-state index in [-0.39, 0.29) is 6.92 Å². The van der Waals surface area contributed by atoms with Gasteiger partial charge in [0, 0.05) is 0 Å². The zero-order chi connectivity index (χ0) is 14.2. The number of nitrogens with zero attached hydrogens (tertiary/aromatic N) is 1. The first kappa shape index (κ1) is 14.4. The van der Waals surface area contributed by atoms with Gasteiger partial charge in [-0.1, -0.05) is 0 Å². The number of nitrogens with one attached hydrogen (secondary N) is 2. The van der Waals surface area contributed by atoms with Gasteiger partial charge < -0.3 is 5.11 Å². The van der Waals surface area contributed by atoms with Gasteiger partial charge in [0.2, 0.25) is 5.54 Å². The normalized spacial score (nSPS) is 16.2. The van der Waals surface area contributed by atoms with E-state index >= 15 is 0 Å². The van der Waals surface area contributed by atoms with Crippen LogP contribution in [0.1, 0.15) is 6.92 Å². The van der Waals surface area contributed by atoms with Crippen molar-refractivity contribution in [3.63, 3.8) is 0 Å². The summed E-state index contributed by atoms with van der Waals surface area (Å²) >= 11 is 0. The van der Waals surface area contributed by atoms with Crippen molar-refractivity contribution in [3.8, 4) is 0 Å². The molecule has 1 aromatic rings. The van der Waals surface area contributed by atoms with Gasteiger partial charge in [-0.25, -0.2) is 13.2 Å². The van der Waals surface area contributed by atoms with Crippen LogP contribution in [-0.2, 0) is 14.8 Å². The average molecular weight is 287 g/mol. The second-order valence-electron chi connectivity index (χ2n) is 3.45. The number of aliphatic carboxylic acids is 1. The number of H-pyrrole nitrogens is 1. The van der Waals surface area contributed by atoms with Crippen molar-refractivity contribution in [3.05, 3.63) is 12.3 Å². The summed E-state index contributed by atoms with van der Waals surface area (Å²) in [5.41, 5.74) is -3.63. The molecule has 1 rings (SSSR count). The Bertz CT molecular complexity index is 539. The number of hydrogen-bond donors (Lipinski definition) is 3. The van der Waals surface area contributed by atoms with Crippen LogP contribution in [0, 0.1) is 0 Å². The van der Waals surface area contributed by atoms with Crippen molar-refractivity contribution in [2.45, 2.75) is 23.7 Å². The maximum atomic E-state index is 12.6. The molecule has 0 bridgehead atoms. The summed E-state index contributed by atoms with van der Waals surface area (Å²) in [6.45, 7) is 0.212. The highest BCUT2D eigenvalue weighted by Crippen LogP contribution is 2.31. The number of alkyl halides is 3. The Kier molecular flexibility index (Phi) is 3.40. The minimum atomic E-state index is -5.30. The summed E-state index contributed by atoms with van der Waals surface area (Å²) in [4.78, 5) is 10.6. The monoisotopic (exact) mass is 287 g/mol. The molecule has 0 aliphatic heterocycles. The lowest BCUT2D eigenvalue weighted by atomic mass is 10.0. The van der Waals surface area contributed by atoms with Gasteiger partial charge in [-0.15, -0.1) is 0 Å². The molecular formula is C7H8F3N3O4S. The van der Waals surface area contributed by atoms with Crippen molar-refractivity contribution < 1.29 is 31.5 Å². The molecule has 0 aliphatic rings. The molecule has 0 aliphatic carbocycles. The third-order valence-corrected chi connectivity index (χ3v) is 3.58. The molecule has 11 heteroatoms. The molecule has 0 radical (unpaired) electrons. The maximum Gasteiger partial charge on any atom is 0.418 e. The van der Waals surface area contributed by atoms with E-state index in [1.54, 1.807) is 0 Å². The predicted molar refractivity (Wildman–Crippen MR) is 51.0 cm³/mol. The van der Waals surface area contributed by atoms with Crippen molar-refractivity contribution in [1.82, 2.24) is 14.9 Å². The van der Waals surface area contributed by atoms with Gasteiger partial charge in [0.25, 0.3) is 10.0 Å². The second-order valence-corrected chi connectivity index (χ2v) is 5.11. The molecule has 1 atom stereocenters. The van der Waals surface area contributed by atoms with E-state index in [4.69, 9.17) is 5.11 Å². The van der Waals surface area contributed by atoms with E-state index in [0.717, 1.165) is 17.0 Å². The van der Waals surface area contributed by atoms with Crippen LogP contribution in [0.3, 0.4) is 0 Å². The minimum Gasteiger partial charge on any atom is -0.480 e. The Morgan fingerprint density at radius 3 is 2.39 bits per heavy atom. The van der Waals surface area contributed by atoms with Crippen molar-refractivity contribution >= 4 is 16.0 Å². The number of halogens is 3. The first-order valence-electron chi connectivity index (χ1n) is 4.34. The summed E-state index contributed by atoms with van der Waals surface area (Å²) in [6.07, 6.45) is -4.30. The van der Waals surface area contributed by atoms with Gasteiger partial charge in [-0.2, -0.15) is 23.0 Å². The van der Waals surface area contributed by atoms with Crippen LogP contribution in [0.4, 0.5) is 13.2 Å². The molecule has 0 aromatic carbocycles. The number of rotatable bonds is 4. The molecule has 1 heterocycles. The van der Waals surface area contributed by atoms with Gasteiger partial charge >= 0.3 is 12.1 Å². The molecule has 1 aromatic heterocycles. The molecule has 0 saturated heterocycles. The highest BCUT2D eigenvalue weighted by Gasteiger charge is 2.59. The molecule has 7 nitrogen and oxygen atoms in total. The van der Waals surface area contributed by atoms with Gasteiger partial charge in [-0.05, 0) is 13.0 Å². The van der Waals surface area contributed by atoms with E-state index in [0.29, 0.717) is 0 Å². The van der Waals surface area contributed by atoms with Gasteiger partial charge in [0.1, 0.15) is 0 Å². The summed E-state index contributed by atoms with van der Waals surface area (Å²) in [5, 5.41) is 13.1. The average Bonchev–Trinajstić information content (AvgIpc) is 2.67. The maximum absolute atomic E-state index is 12.6. The number of sulfonamides is 1. The van der Waals surface area contributed by atoms with Crippen molar-refractivity contribution in [2.75, 3.05) is 0 Å². The first-order valence-corrected chi connectivity index (χ1v) is 5.82. The number of carboxylic acid groups (broad SMARTS) is 1. The summed E-state index contributed by atoms with van der Waals surface area (Å²) in [7, 11) is -4.67. The molecule has 3 N–H and O–H groups in total. The highest BCUT2D eigenvalue weighted by atomic mass is 32.2. The Morgan fingerprint density at radius 2 is 2.06 bits per heavy atom. The van der Waals surface area contributed by atoms with Gasteiger partial charge in [0.15, 0.2) is 5.03 Å². The van der Waals surface area contributed by atoms with Crippen LogP contribution in [0.25, 0.3) is 0 Å². The van der Waals surface area contributed by atoms with Crippen LogP contribution < -0.4 is 4.72 Å². The fourth-order valence-electron chi connectivity index (χ4n) is 0.939. The lowest BCUT2D eigenvalue weighted by Gasteiger charge is -2.27. The summed E-state index contributed by atoms with van der Waals surface area (Å²) < 4.78 is 61.9. The third kappa shape index (κ3) is 2.46. The Hall–Kier alpha value is -1.62. The Labute approximate surface area is 99.1 Å². The van der Waals surface area contributed by atoms with Crippen LogP contribution in [0.2, 0.25) is 0 Å². The Balaban J connectivity index is 3.19. The standard InChI is InChI=1S/C7H8F3N3O4S/c1-6(5(14)15,7(8,9)10)13-18(16,17)4-2-3-11-12-4/h2-3,13H,1H3,(H,11,12)(H,14,15). The number of hydrogen-bond acceptors (Lipinski definition) is 4. The number of carboxylic acids is 1. The number of aromatic nitrogens is 2. The van der Waals surface area contributed by atoms with E-state index < -0.39 is 32.7 Å². The van der Waals surface area contributed by atoms with Crippen LogP contribution in [-0.4, -0.2) is 41.4 Å². The fraction of sp³-hybridized carbons (Fsp3) is 0.429. The first-order chi connectivity index (χ1) is 8.01. The zero-order valence-corrected chi connectivity index (χ0v) is 9.63. The SMILES string of the molecule is CC(NS(=O)(=O)c1ccn[nH]1)(C(=O)O)C(F)(F)F. The minimum absolute atomic E-state index is 0.212. The van der Waals surface area contributed by atoms with E-state index in [1.807, 2.05) is 5.10 Å². The van der Waals surface area contributed by atoms with Crippen LogP contribution in [0.5, 0.6) is 0 Å². The van der Waals surface area contributed by atoms with Crippen LogP contribution >= 0.6 is 0 Å². The quantitative estimate of drug-likeness (QED) is 0.726. The molecule has 102 valence electrons. The van der Waals surface area contributed by atoms with Crippen molar-refractivity contribution in [2.24, 2.45) is 0 Å². The molecule has 0 fully saturated rings. The molecule has 1 unspecified atom stereocenters. The van der Waals surface area contributed by atoms with Gasteiger partial charge in [-0.3, -0.25) is 5.10 Å². The smallest absolute Gasteiger partial charge is 0.418 e. The lowest BCUT2D eigenvalue weighted by molar-refractivity contribution is -0.201. The third-order valence-electron chi connectivity index (χ3n) is 2.10. The predicted octanol–water partition coefficient (Wildman–Crippen LogP) is 0.0936. The van der Waals surface area contributed by atoms with E-state index in [2.05, 4.69) is 5.10 Å². The highest BCUT2D eigenvalue weighted by molar-refractivity contribution is 7.89. The largest absolute Gasteiger partial charge is 0.480 e. The Morgan fingerprint density at radius 1 is 1.50 bits per heavy atom. The molecular weight excluding hydrogens is 279 g/mol. The number of carbonyl (C=O) groups is 1. The fourth-order valence-corrected chi connectivity index (χ4v) is 2.20. The van der Waals surface area contributed by atoms with Crippen LogP contribution in [0.15, 0.2) is 17.3 Å². The van der Waals surface area contributed by atoms with E-state index in [9.17, 15) is 26.4 Å².